The highest BCUT2D eigenvalue weighted by atomic mass is 32.1. The van der Waals surface area contributed by atoms with Crippen molar-refractivity contribution in [3.8, 4) is 0 Å². The van der Waals surface area contributed by atoms with Gasteiger partial charge in [0, 0.05) is 22.7 Å². The Kier molecular flexibility index (Phi) is 4.57. The lowest BCUT2D eigenvalue weighted by molar-refractivity contribution is -0.116. The van der Waals surface area contributed by atoms with Gasteiger partial charge in [0.05, 0.1) is 4.88 Å². The van der Waals surface area contributed by atoms with E-state index in [1.165, 1.54) is 36.1 Å². The standard InChI is InChI=1S/C20H22N2O2S/c23-19-10-7-13-11-15(8-9-16(13)22-19)21-20(24)18-12-14-5-3-1-2-4-6-17(14)25-18/h8-9,11-12H,1-7,10H2,(H,21,24)(H,22,23). The molecular formula is C20H22N2O2S. The molecule has 0 fully saturated rings. The first-order chi connectivity index (χ1) is 12.2. The van der Waals surface area contributed by atoms with Crippen LogP contribution in [0, 0.1) is 0 Å². The van der Waals surface area contributed by atoms with Gasteiger partial charge in [-0.25, -0.2) is 0 Å². The van der Waals surface area contributed by atoms with Crippen LogP contribution in [0.3, 0.4) is 0 Å². The highest BCUT2D eigenvalue weighted by molar-refractivity contribution is 7.14. The van der Waals surface area contributed by atoms with E-state index < -0.39 is 0 Å². The maximum atomic E-state index is 12.7. The number of thiophene rings is 1. The fourth-order valence-corrected chi connectivity index (χ4v) is 4.76. The summed E-state index contributed by atoms with van der Waals surface area (Å²) in [5.74, 6) is 0.0248. The van der Waals surface area contributed by atoms with Crippen LogP contribution in [0.5, 0.6) is 0 Å². The number of nitrogens with one attached hydrogen (secondary N) is 2. The molecule has 25 heavy (non-hydrogen) atoms. The Balaban J connectivity index is 1.50. The Labute approximate surface area is 151 Å². The molecule has 4 nitrogen and oxygen atoms in total. The molecule has 2 aromatic rings. The number of hydrogen-bond donors (Lipinski definition) is 2. The van der Waals surface area contributed by atoms with Crippen molar-refractivity contribution in [2.45, 2.75) is 51.4 Å². The van der Waals surface area contributed by atoms with Crippen molar-refractivity contribution in [3.63, 3.8) is 0 Å². The van der Waals surface area contributed by atoms with Gasteiger partial charge in [-0.3, -0.25) is 9.59 Å². The summed E-state index contributed by atoms with van der Waals surface area (Å²) in [5.41, 5.74) is 4.09. The van der Waals surface area contributed by atoms with Crippen molar-refractivity contribution in [1.29, 1.82) is 0 Å². The molecule has 0 radical (unpaired) electrons. The minimum Gasteiger partial charge on any atom is -0.326 e. The molecule has 0 bridgehead atoms. The van der Waals surface area contributed by atoms with E-state index in [9.17, 15) is 9.59 Å². The van der Waals surface area contributed by atoms with Gasteiger partial charge in [0.1, 0.15) is 0 Å². The van der Waals surface area contributed by atoms with Crippen LogP contribution in [0.15, 0.2) is 24.3 Å². The first-order valence-corrected chi connectivity index (χ1v) is 9.86. The Morgan fingerprint density at radius 1 is 0.960 bits per heavy atom. The molecule has 0 spiro atoms. The summed E-state index contributed by atoms with van der Waals surface area (Å²) >= 11 is 1.65. The van der Waals surface area contributed by atoms with E-state index in [1.807, 2.05) is 18.2 Å². The molecule has 1 aromatic heterocycles. The van der Waals surface area contributed by atoms with Crippen LogP contribution >= 0.6 is 11.3 Å². The summed E-state index contributed by atoms with van der Waals surface area (Å²) in [7, 11) is 0. The molecule has 2 heterocycles. The Bertz CT molecular complexity index is 800. The van der Waals surface area contributed by atoms with Crippen molar-refractivity contribution in [3.05, 3.63) is 45.1 Å². The molecule has 4 rings (SSSR count). The van der Waals surface area contributed by atoms with E-state index in [1.54, 1.807) is 11.3 Å². The third-order valence-corrected chi connectivity index (χ3v) is 6.21. The lowest BCUT2D eigenvalue weighted by Crippen LogP contribution is -2.19. The minimum atomic E-state index is -0.0310. The quantitative estimate of drug-likeness (QED) is 0.831. The number of anilines is 2. The zero-order valence-corrected chi connectivity index (χ0v) is 15.0. The topological polar surface area (TPSA) is 58.2 Å². The van der Waals surface area contributed by atoms with Crippen LogP contribution in [0.2, 0.25) is 0 Å². The van der Waals surface area contributed by atoms with Crippen LogP contribution in [0.4, 0.5) is 11.4 Å². The van der Waals surface area contributed by atoms with E-state index in [0.29, 0.717) is 6.42 Å². The monoisotopic (exact) mass is 354 g/mol. The molecule has 2 N–H and O–H groups in total. The van der Waals surface area contributed by atoms with Crippen molar-refractivity contribution in [1.82, 2.24) is 0 Å². The van der Waals surface area contributed by atoms with E-state index in [-0.39, 0.29) is 11.8 Å². The lowest BCUT2D eigenvalue weighted by Gasteiger charge is -2.17. The fourth-order valence-electron chi connectivity index (χ4n) is 3.61. The highest BCUT2D eigenvalue weighted by Gasteiger charge is 2.18. The Morgan fingerprint density at radius 2 is 1.80 bits per heavy atom. The normalized spacial score (nSPS) is 16.9. The van der Waals surface area contributed by atoms with Gasteiger partial charge in [-0.05, 0) is 67.5 Å². The van der Waals surface area contributed by atoms with Gasteiger partial charge in [0.15, 0.2) is 0 Å². The van der Waals surface area contributed by atoms with E-state index in [0.717, 1.165) is 41.1 Å². The van der Waals surface area contributed by atoms with Crippen molar-refractivity contribution in [2.75, 3.05) is 10.6 Å². The zero-order valence-electron chi connectivity index (χ0n) is 14.2. The van der Waals surface area contributed by atoms with Crippen molar-refractivity contribution < 1.29 is 9.59 Å². The molecule has 0 atom stereocenters. The number of rotatable bonds is 2. The molecule has 0 saturated carbocycles. The fraction of sp³-hybridized carbons (Fsp3) is 0.400. The van der Waals surface area contributed by atoms with Crippen LogP contribution in [-0.2, 0) is 24.1 Å². The lowest BCUT2D eigenvalue weighted by atomic mass is 10.00. The third kappa shape index (κ3) is 3.61. The second-order valence-electron chi connectivity index (χ2n) is 6.85. The van der Waals surface area contributed by atoms with Gasteiger partial charge in [-0.15, -0.1) is 11.3 Å². The van der Waals surface area contributed by atoms with Crippen LogP contribution in [0.1, 0.15) is 57.8 Å². The summed E-state index contributed by atoms with van der Waals surface area (Å²) < 4.78 is 0. The van der Waals surface area contributed by atoms with E-state index >= 15 is 0 Å². The van der Waals surface area contributed by atoms with Crippen LogP contribution in [-0.4, -0.2) is 11.8 Å². The first kappa shape index (κ1) is 16.3. The van der Waals surface area contributed by atoms with Gasteiger partial charge < -0.3 is 10.6 Å². The number of hydrogen-bond acceptors (Lipinski definition) is 3. The maximum Gasteiger partial charge on any atom is 0.265 e. The maximum absolute atomic E-state index is 12.7. The Hall–Kier alpha value is -2.14. The molecule has 1 aliphatic carbocycles. The molecule has 1 aliphatic heterocycles. The molecule has 0 unspecified atom stereocenters. The molecule has 2 aliphatic rings. The number of fused-ring (bicyclic) bond motifs is 2. The first-order valence-electron chi connectivity index (χ1n) is 9.05. The number of carbonyl (C=O) groups excluding carboxylic acids is 2. The largest absolute Gasteiger partial charge is 0.326 e. The van der Waals surface area contributed by atoms with E-state index in [4.69, 9.17) is 0 Å². The van der Waals surface area contributed by atoms with Gasteiger partial charge in [-0.1, -0.05) is 12.8 Å². The smallest absolute Gasteiger partial charge is 0.265 e. The summed E-state index contributed by atoms with van der Waals surface area (Å²) in [6, 6.07) is 7.78. The number of amides is 2. The molecule has 5 heteroatoms. The molecule has 130 valence electrons. The minimum absolute atomic E-state index is 0.0310. The van der Waals surface area contributed by atoms with Crippen molar-refractivity contribution >= 4 is 34.5 Å². The molecular weight excluding hydrogens is 332 g/mol. The predicted octanol–water partition coefficient (Wildman–Crippen LogP) is 4.54. The molecule has 2 amide bonds. The summed E-state index contributed by atoms with van der Waals surface area (Å²) in [5, 5.41) is 5.89. The second-order valence-corrected chi connectivity index (χ2v) is 7.98. The molecule has 0 saturated heterocycles. The van der Waals surface area contributed by atoms with Gasteiger partial charge in [-0.2, -0.15) is 0 Å². The summed E-state index contributed by atoms with van der Waals surface area (Å²) in [4.78, 5) is 26.3. The SMILES string of the molecule is O=C1CCc2cc(NC(=O)c3cc4c(s3)CCCCCC4)ccc2N1. The summed E-state index contributed by atoms with van der Waals surface area (Å²) in [6.07, 6.45) is 8.46. The average Bonchev–Trinajstić information content (AvgIpc) is 2.97. The second kappa shape index (κ2) is 7.00. The van der Waals surface area contributed by atoms with E-state index in [2.05, 4.69) is 16.7 Å². The zero-order chi connectivity index (χ0) is 17.2. The van der Waals surface area contributed by atoms with Gasteiger partial charge in [0.2, 0.25) is 5.91 Å². The number of aryl methyl sites for hydroxylation is 3. The third-order valence-electron chi connectivity index (χ3n) is 4.98. The number of carbonyl (C=O) groups is 2. The van der Waals surface area contributed by atoms with Crippen LogP contribution in [0.25, 0.3) is 0 Å². The predicted molar refractivity (Wildman–Crippen MR) is 102 cm³/mol. The number of benzene rings is 1. The summed E-state index contributed by atoms with van der Waals surface area (Å²) in [6.45, 7) is 0. The van der Waals surface area contributed by atoms with Crippen LogP contribution < -0.4 is 10.6 Å². The average molecular weight is 354 g/mol. The van der Waals surface area contributed by atoms with Gasteiger partial charge >= 0.3 is 0 Å². The molecule has 1 aromatic carbocycles. The highest BCUT2D eigenvalue weighted by Crippen LogP contribution is 2.30. The van der Waals surface area contributed by atoms with Gasteiger partial charge in [0.25, 0.3) is 5.91 Å². The Morgan fingerprint density at radius 3 is 2.68 bits per heavy atom. The van der Waals surface area contributed by atoms with Crippen molar-refractivity contribution in [2.24, 2.45) is 0 Å².